The fourth-order valence-electron chi connectivity index (χ4n) is 2.49. The van der Waals surface area contributed by atoms with E-state index in [0.717, 1.165) is 25.3 Å². The molecular weight excluding hydrogens is 294 g/mol. The Labute approximate surface area is 123 Å². The first-order chi connectivity index (χ1) is 9.82. The predicted molar refractivity (Wildman–Crippen MR) is 79.3 cm³/mol. The zero-order valence-electron chi connectivity index (χ0n) is 11.9. The molecule has 1 aromatic rings. The highest BCUT2D eigenvalue weighted by Gasteiger charge is 2.28. The van der Waals surface area contributed by atoms with Crippen molar-refractivity contribution in [1.82, 2.24) is 4.31 Å². The van der Waals surface area contributed by atoms with Crippen LogP contribution < -0.4 is 5.73 Å². The summed E-state index contributed by atoms with van der Waals surface area (Å²) >= 11 is 0. The summed E-state index contributed by atoms with van der Waals surface area (Å²) in [6.45, 7) is 3.06. The number of nitrogen functional groups attached to an aromatic ring is 1. The van der Waals surface area contributed by atoms with Crippen LogP contribution in [0.1, 0.15) is 26.2 Å². The van der Waals surface area contributed by atoms with Crippen molar-refractivity contribution in [3.8, 4) is 0 Å². The molecule has 1 fully saturated rings. The molecule has 116 valence electrons. The van der Waals surface area contributed by atoms with Gasteiger partial charge in [0.15, 0.2) is 0 Å². The van der Waals surface area contributed by atoms with Crippen LogP contribution >= 0.6 is 0 Å². The molecular formula is C13H19N3O4S. The number of benzene rings is 1. The molecule has 1 atom stereocenters. The summed E-state index contributed by atoms with van der Waals surface area (Å²) in [6, 6.07) is 3.56. The summed E-state index contributed by atoms with van der Waals surface area (Å²) in [5.41, 5.74) is 5.16. The van der Waals surface area contributed by atoms with Crippen LogP contribution in [0.15, 0.2) is 23.1 Å². The Hall–Kier alpha value is -1.67. The van der Waals surface area contributed by atoms with E-state index >= 15 is 0 Å². The van der Waals surface area contributed by atoms with E-state index in [2.05, 4.69) is 6.92 Å². The maximum absolute atomic E-state index is 12.6. The van der Waals surface area contributed by atoms with Crippen LogP contribution in [-0.4, -0.2) is 30.7 Å². The van der Waals surface area contributed by atoms with Crippen molar-refractivity contribution in [2.75, 3.05) is 18.8 Å². The number of hydrogen-bond acceptors (Lipinski definition) is 5. The lowest BCUT2D eigenvalue weighted by atomic mass is 10.0. The highest BCUT2D eigenvalue weighted by molar-refractivity contribution is 7.89. The van der Waals surface area contributed by atoms with Crippen LogP contribution in [0.3, 0.4) is 0 Å². The van der Waals surface area contributed by atoms with Crippen LogP contribution in [0.4, 0.5) is 11.4 Å². The minimum absolute atomic E-state index is 0.0140. The normalized spacial score (nSPS) is 20.9. The quantitative estimate of drug-likeness (QED) is 0.521. The lowest BCUT2D eigenvalue weighted by Crippen LogP contribution is -2.32. The second-order valence-electron chi connectivity index (χ2n) is 5.42. The van der Waals surface area contributed by atoms with Gasteiger partial charge in [0.25, 0.3) is 5.69 Å². The Morgan fingerprint density at radius 3 is 2.67 bits per heavy atom. The van der Waals surface area contributed by atoms with E-state index in [4.69, 9.17) is 5.73 Å². The van der Waals surface area contributed by atoms with E-state index in [0.29, 0.717) is 19.0 Å². The summed E-state index contributed by atoms with van der Waals surface area (Å²) < 4.78 is 26.6. The maximum Gasteiger partial charge on any atom is 0.292 e. The van der Waals surface area contributed by atoms with Crippen molar-refractivity contribution in [1.29, 1.82) is 0 Å². The van der Waals surface area contributed by atoms with Gasteiger partial charge in [0.2, 0.25) is 10.0 Å². The van der Waals surface area contributed by atoms with Gasteiger partial charge >= 0.3 is 0 Å². The van der Waals surface area contributed by atoms with Gasteiger partial charge in [-0.05, 0) is 37.3 Å². The number of nitro groups is 1. The largest absolute Gasteiger partial charge is 0.393 e. The molecule has 0 aliphatic carbocycles. The van der Waals surface area contributed by atoms with Crippen molar-refractivity contribution in [3.05, 3.63) is 28.3 Å². The average molecular weight is 313 g/mol. The summed E-state index contributed by atoms with van der Waals surface area (Å²) in [5, 5.41) is 10.7. The van der Waals surface area contributed by atoms with Crippen molar-refractivity contribution >= 4 is 21.4 Å². The number of nitro benzene ring substituents is 1. The third-order valence-electron chi connectivity index (χ3n) is 3.81. The highest BCUT2D eigenvalue weighted by atomic mass is 32.2. The summed E-state index contributed by atoms with van der Waals surface area (Å²) in [5.74, 6) is 0.507. The fourth-order valence-corrected chi connectivity index (χ4v) is 4.01. The van der Waals surface area contributed by atoms with E-state index in [-0.39, 0.29) is 16.3 Å². The minimum atomic E-state index is -3.64. The smallest absolute Gasteiger partial charge is 0.292 e. The zero-order valence-corrected chi connectivity index (χ0v) is 12.7. The first kappa shape index (κ1) is 15.7. The van der Waals surface area contributed by atoms with E-state index in [1.54, 1.807) is 0 Å². The Bertz CT molecular complexity index is 645. The summed E-state index contributed by atoms with van der Waals surface area (Å²) in [4.78, 5) is 10.1. The Morgan fingerprint density at radius 1 is 1.33 bits per heavy atom. The standard InChI is InChI=1S/C13H19N3O4S/c1-10-3-2-7-15(8-6-10)21(19,20)11-4-5-13(16(17)18)12(14)9-11/h4-5,9-10H,2-3,6-8,14H2,1H3. The molecule has 1 aliphatic rings. The number of anilines is 1. The van der Waals surface area contributed by atoms with Crippen molar-refractivity contribution in [3.63, 3.8) is 0 Å². The first-order valence-corrected chi connectivity index (χ1v) is 8.30. The van der Waals surface area contributed by atoms with Crippen LogP contribution in [0.25, 0.3) is 0 Å². The Kier molecular flexibility index (Phi) is 4.48. The second-order valence-corrected chi connectivity index (χ2v) is 7.36. The van der Waals surface area contributed by atoms with Gasteiger partial charge in [0, 0.05) is 19.2 Å². The Morgan fingerprint density at radius 2 is 2.05 bits per heavy atom. The van der Waals surface area contributed by atoms with Gasteiger partial charge in [-0.25, -0.2) is 8.42 Å². The molecule has 2 N–H and O–H groups in total. The topological polar surface area (TPSA) is 107 Å². The molecule has 0 saturated carbocycles. The van der Waals surface area contributed by atoms with Gasteiger partial charge in [-0.15, -0.1) is 0 Å². The highest BCUT2D eigenvalue weighted by Crippen LogP contribution is 2.28. The zero-order chi connectivity index (χ0) is 15.6. The number of nitrogens with zero attached hydrogens (tertiary/aromatic N) is 2. The van der Waals surface area contributed by atoms with Crippen molar-refractivity contribution in [2.24, 2.45) is 5.92 Å². The van der Waals surface area contributed by atoms with Crippen LogP contribution in [0.5, 0.6) is 0 Å². The molecule has 8 heteroatoms. The van der Waals surface area contributed by atoms with Gasteiger partial charge < -0.3 is 5.73 Å². The fraction of sp³-hybridized carbons (Fsp3) is 0.538. The van der Waals surface area contributed by atoms with E-state index in [1.165, 1.54) is 16.4 Å². The molecule has 0 spiro atoms. The van der Waals surface area contributed by atoms with E-state index in [1.807, 2.05) is 0 Å². The minimum Gasteiger partial charge on any atom is -0.393 e. The predicted octanol–water partition coefficient (Wildman–Crippen LogP) is 1.99. The molecule has 0 bridgehead atoms. The molecule has 0 aromatic heterocycles. The van der Waals surface area contributed by atoms with Gasteiger partial charge in [-0.3, -0.25) is 10.1 Å². The van der Waals surface area contributed by atoms with E-state index in [9.17, 15) is 18.5 Å². The van der Waals surface area contributed by atoms with Gasteiger partial charge in [-0.1, -0.05) is 6.92 Å². The summed E-state index contributed by atoms with van der Waals surface area (Å²) in [6.07, 6.45) is 2.65. The number of rotatable bonds is 3. The van der Waals surface area contributed by atoms with E-state index < -0.39 is 14.9 Å². The van der Waals surface area contributed by atoms with Crippen LogP contribution in [0, 0.1) is 16.0 Å². The molecule has 1 unspecified atom stereocenters. The second kappa shape index (κ2) is 5.98. The lowest BCUT2D eigenvalue weighted by Gasteiger charge is -2.20. The Balaban J connectivity index is 2.31. The van der Waals surface area contributed by atoms with Gasteiger partial charge in [0.1, 0.15) is 5.69 Å². The molecule has 1 aromatic carbocycles. The molecule has 7 nitrogen and oxygen atoms in total. The van der Waals surface area contributed by atoms with Gasteiger partial charge in [-0.2, -0.15) is 4.31 Å². The number of nitrogens with two attached hydrogens (primary N) is 1. The van der Waals surface area contributed by atoms with Crippen molar-refractivity contribution < 1.29 is 13.3 Å². The lowest BCUT2D eigenvalue weighted by molar-refractivity contribution is -0.383. The van der Waals surface area contributed by atoms with Gasteiger partial charge in [0.05, 0.1) is 9.82 Å². The van der Waals surface area contributed by atoms with Crippen LogP contribution in [0.2, 0.25) is 0 Å². The molecule has 1 aliphatic heterocycles. The molecule has 2 rings (SSSR count). The molecule has 1 saturated heterocycles. The third kappa shape index (κ3) is 3.33. The molecule has 0 amide bonds. The summed E-state index contributed by atoms with van der Waals surface area (Å²) in [7, 11) is -3.64. The monoisotopic (exact) mass is 313 g/mol. The maximum atomic E-state index is 12.6. The molecule has 1 heterocycles. The average Bonchev–Trinajstić information content (AvgIpc) is 2.63. The number of sulfonamides is 1. The van der Waals surface area contributed by atoms with Crippen LogP contribution in [-0.2, 0) is 10.0 Å². The number of hydrogen-bond donors (Lipinski definition) is 1. The SMILES string of the molecule is CC1CCCN(S(=O)(=O)c2ccc([N+](=O)[O-])c(N)c2)CC1. The molecule has 0 radical (unpaired) electrons. The third-order valence-corrected chi connectivity index (χ3v) is 5.70. The first-order valence-electron chi connectivity index (χ1n) is 6.86. The van der Waals surface area contributed by atoms with Crippen molar-refractivity contribution in [2.45, 2.75) is 31.1 Å². The molecule has 21 heavy (non-hydrogen) atoms.